The number of amides is 3. The number of carbonyl (C=O) groups excluding carboxylic acids is 3. The number of nitrogens with one attached hydrogen (secondary N) is 1. The lowest BCUT2D eigenvalue weighted by Gasteiger charge is -2.16. The van der Waals surface area contributed by atoms with Crippen LogP contribution in [0.2, 0.25) is 0 Å². The van der Waals surface area contributed by atoms with Crippen LogP contribution in [0.3, 0.4) is 0 Å². The number of rotatable bonds is 4. The fraction of sp³-hybridized carbons (Fsp3) is 0.0952. The van der Waals surface area contributed by atoms with Gasteiger partial charge in [0, 0.05) is 5.56 Å². The molecule has 0 aliphatic carbocycles. The van der Waals surface area contributed by atoms with E-state index in [0.717, 1.165) is 4.90 Å². The second kappa shape index (κ2) is 6.57. The Hall–Kier alpha value is -3.67. The van der Waals surface area contributed by atoms with Gasteiger partial charge in [0.15, 0.2) is 0 Å². The Kier molecular flexibility index (Phi) is 4.08. The number of fused-ring (bicyclic) bond motifs is 1. The molecule has 0 saturated carbocycles. The van der Waals surface area contributed by atoms with Gasteiger partial charge in [0.2, 0.25) is 0 Å². The first-order valence-electron chi connectivity index (χ1n) is 8.48. The van der Waals surface area contributed by atoms with Gasteiger partial charge < -0.3 is 9.73 Å². The van der Waals surface area contributed by atoms with Crippen LogP contribution < -0.4 is 10.2 Å². The maximum Gasteiger partial charge on any atom is 0.266 e. The van der Waals surface area contributed by atoms with Gasteiger partial charge in [-0.25, -0.2) is 4.90 Å². The maximum absolute atomic E-state index is 12.6. The fourth-order valence-electron chi connectivity index (χ4n) is 3.10. The fourth-order valence-corrected chi connectivity index (χ4v) is 3.10. The van der Waals surface area contributed by atoms with Crippen molar-refractivity contribution in [1.82, 2.24) is 5.32 Å². The summed E-state index contributed by atoms with van der Waals surface area (Å²) in [7, 11) is 0. The molecule has 1 aliphatic rings. The molecule has 3 amide bonds. The third kappa shape index (κ3) is 2.91. The zero-order chi connectivity index (χ0) is 19.0. The van der Waals surface area contributed by atoms with Crippen LogP contribution in [0.25, 0.3) is 0 Å². The molecular weight excluding hydrogens is 344 g/mol. The third-order valence-corrected chi connectivity index (χ3v) is 4.48. The molecular formula is C21H16N2O4. The number of anilines is 1. The molecule has 6 heteroatoms. The molecule has 0 bridgehead atoms. The first kappa shape index (κ1) is 16.8. The molecule has 0 spiro atoms. The average molecular weight is 360 g/mol. The van der Waals surface area contributed by atoms with Crippen molar-refractivity contribution in [2.24, 2.45) is 0 Å². The first-order chi connectivity index (χ1) is 13.1. The van der Waals surface area contributed by atoms with Gasteiger partial charge in [-0.3, -0.25) is 14.4 Å². The monoisotopic (exact) mass is 360 g/mol. The van der Waals surface area contributed by atoms with Gasteiger partial charge in [0.1, 0.15) is 5.76 Å². The zero-order valence-electron chi connectivity index (χ0n) is 14.5. The van der Waals surface area contributed by atoms with Gasteiger partial charge in [-0.1, -0.05) is 18.2 Å². The van der Waals surface area contributed by atoms with Gasteiger partial charge in [-0.15, -0.1) is 0 Å². The van der Waals surface area contributed by atoms with E-state index in [1.807, 2.05) is 6.92 Å². The molecule has 1 atom stereocenters. The number of nitrogens with zero attached hydrogens (tertiary/aromatic N) is 1. The van der Waals surface area contributed by atoms with Crippen molar-refractivity contribution >= 4 is 23.4 Å². The lowest BCUT2D eigenvalue weighted by Crippen LogP contribution is -2.30. The van der Waals surface area contributed by atoms with Crippen molar-refractivity contribution in [3.63, 3.8) is 0 Å². The Morgan fingerprint density at radius 2 is 1.67 bits per heavy atom. The number of hydrogen-bond acceptors (Lipinski definition) is 4. The highest BCUT2D eigenvalue weighted by molar-refractivity contribution is 6.34. The Bertz CT molecular complexity index is 1000. The molecule has 0 radical (unpaired) electrons. The summed E-state index contributed by atoms with van der Waals surface area (Å²) < 4.78 is 5.29. The van der Waals surface area contributed by atoms with Crippen molar-refractivity contribution in [2.45, 2.75) is 13.0 Å². The van der Waals surface area contributed by atoms with E-state index in [1.165, 1.54) is 6.07 Å². The third-order valence-electron chi connectivity index (χ3n) is 4.48. The summed E-state index contributed by atoms with van der Waals surface area (Å²) in [5, 5.41) is 2.83. The minimum Gasteiger partial charge on any atom is -0.467 e. The van der Waals surface area contributed by atoms with Crippen LogP contribution in [0.4, 0.5) is 5.69 Å². The highest BCUT2D eigenvalue weighted by Crippen LogP contribution is 2.28. The smallest absolute Gasteiger partial charge is 0.266 e. The molecule has 27 heavy (non-hydrogen) atoms. The molecule has 1 aliphatic heterocycles. The van der Waals surface area contributed by atoms with E-state index in [2.05, 4.69) is 5.32 Å². The number of carbonyl (C=O) groups is 3. The Morgan fingerprint density at radius 1 is 0.963 bits per heavy atom. The molecule has 6 nitrogen and oxygen atoms in total. The van der Waals surface area contributed by atoms with Crippen molar-refractivity contribution in [1.29, 1.82) is 0 Å². The summed E-state index contributed by atoms with van der Waals surface area (Å²) in [6.45, 7) is 1.81. The van der Waals surface area contributed by atoms with Crippen LogP contribution in [-0.4, -0.2) is 17.7 Å². The summed E-state index contributed by atoms with van der Waals surface area (Å²) in [5.41, 5.74) is 1.44. The van der Waals surface area contributed by atoms with Crippen molar-refractivity contribution in [3.05, 3.63) is 89.4 Å². The topological polar surface area (TPSA) is 79.6 Å². The minimum absolute atomic E-state index is 0.310. The number of imide groups is 1. The predicted octanol–water partition coefficient (Wildman–Crippen LogP) is 3.57. The standard InChI is InChI=1S/C21H16N2O4/c1-13(18-10-5-11-27-18)22-19(24)14-6-4-7-15(12-14)23-20(25)16-8-2-3-9-17(16)21(23)26/h2-13H,1H3,(H,22,24). The normalized spacial score (nSPS) is 14.2. The quantitative estimate of drug-likeness (QED) is 0.722. The molecule has 2 aromatic carbocycles. The lowest BCUT2D eigenvalue weighted by molar-refractivity contribution is 0.0915. The Labute approximate surface area is 155 Å². The molecule has 1 N–H and O–H groups in total. The Morgan fingerprint density at radius 3 is 2.30 bits per heavy atom. The highest BCUT2D eigenvalue weighted by atomic mass is 16.3. The van der Waals surface area contributed by atoms with Crippen LogP contribution in [0.15, 0.2) is 71.3 Å². The van der Waals surface area contributed by atoms with Gasteiger partial charge in [-0.2, -0.15) is 0 Å². The van der Waals surface area contributed by atoms with E-state index in [9.17, 15) is 14.4 Å². The molecule has 1 unspecified atom stereocenters. The maximum atomic E-state index is 12.6. The predicted molar refractivity (Wildman–Crippen MR) is 98.6 cm³/mol. The van der Waals surface area contributed by atoms with E-state index >= 15 is 0 Å². The lowest BCUT2D eigenvalue weighted by atomic mass is 10.1. The number of furan rings is 1. The number of benzene rings is 2. The molecule has 0 fully saturated rings. The summed E-state index contributed by atoms with van der Waals surface area (Å²) in [6.07, 6.45) is 1.54. The average Bonchev–Trinajstić information content (AvgIpc) is 3.30. The highest BCUT2D eigenvalue weighted by Gasteiger charge is 2.36. The van der Waals surface area contributed by atoms with Crippen LogP contribution in [-0.2, 0) is 0 Å². The Balaban J connectivity index is 1.59. The van der Waals surface area contributed by atoms with Crippen molar-refractivity contribution in [3.8, 4) is 0 Å². The summed E-state index contributed by atoms with van der Waals surface area (Å²) in [5.74, 6) is -0.466. The summed E-state index contributed by atoms with van der Waals surface area (Å²) >= 11 is 0. The molecule has 2 heterocycles. The van der Waals surface area contributed by atoms with Crippen LogP contribution in [0.5, 0.6) is 0 Å². The van der Waals surface area contributed by atoms with E-state index in [1.54, 1.807) is 60.9 Å². The molecule has 1 aromatic heterocycles. The summed E-state index contributed by atoms with van der Waals surface area (Å²) in [6, 6.07) is 16.3. The molecule has 4 rings (SSSR count). The molecule has 134 valence electrons. The van der Waals surface area contributed by atoms with Crippen molar-refractivity contribution < 1.29 is 18.8 Å². The second-order valence-corrected chi connectivity index (χ2v) is 6.25. The summed E-state index contributed by atoms with van der Waals surface area (Å²) in [4.78, 5) is 38.9. The molecule has 3 aromatic rings. The SMILES string of the molecule is CC(NC(=O)c1cccc(N2C(=O)c3ccccc3C2=O)c1)c1ccco1. The van der Waals surface area contributed by atoms with E-state index in [-0.39, 0.29) is 11.9 Å². The minimum atomic E-state index is -0.392. The van der Waals surface area contributed by atoms with Crippen LogP contribution in [0, 0.1) is 0 Å². The van der Waals surface area contributed by atoms with Gasteiger partial charge in [0.25, 0.3) is 17.7 Å². The van der Waals surface area contributed by atoms with E-state index in [4.69, 9.17) is 4.42 Å². The van der Waals surface area contributed by atoms with Gasteiger partial charge in [-0.05, 0) is 49.4 Å². The van der Waals surface area contributed by atoms with E-state index in [0.29, 0.717) is 28.1 Å². The largest absolute Gasteiger partial charge is 0.467 e. The zero-order valence-corrected chi connectivity index (χ0v) is 14.5. The van der Waals surface area contributed by atoms with Gasteiger partial charge in [0.05, 0.1) is 29.1 Å². The second-order valence-electron chi connectivity index (χ2n) is 6.25. The van der Waals surface area contributed by atoms with Gasteiger partial charge >= 0.3 is 0 Å². The molecule has 0 saturated heterocycles. The van der Waals surface area contributed by atoms with E-state index < -0.39 is 11.8 Å². The van der Waals surface area contributed by atoms with Crippen molar-refractivity contribution in [2.75, 3.05) is 4.90 Å². The van der Waals surface area contributed by atoms with Crippen LogP contribution in [0.1, 0.15) is 49.8 Å². The first-order valence-corrected chi connectivity index (χ1v) is 8.48. The van der Waals surface area contributed by atoms with Crippen LogP contribution >= 0.6 is 0 Å². The number of hydrogen-bond donors (Lipinski definition) is 1.